The van der Waals surface area contributed by atoms with Crippen LogP contribution in [0.15, 0.2) is 18.2 Å². The van der Waals surface area contributed by atoms with Crippen molar-refractivity contribution in [2.75, 3.05) is 5.33 Å². The third-order valence-corrected chi connectivity index (χ3v) is 4.98. The Morgan fingerprint density at radius 2 is 1.83 bits per heavy atom. The number of carbonyl (C=O) groups excluding carboxylic acids is 1. The Balaban J connectivity index is 2.22. The summed E-state index contributed by atoms with van der Waals surface area (Å²) in [6.45, 7) is 3.99. The fourth-order valence-corrected chi connectivity index (χ4v) is 3.52. The lowest BCUT2D eigenvalue weighted by atomic mass is 9.97. The highest BCUT2D eigenvalue weighted by atomic mass is 79.9. The highest BCUT2D eigenvalue weighted by Crippen LogP contribution is 2.31. The zero-order chi connectivity index (χ0) is 13.2. The fourth-order valence-electron chi connectivity index (χ4n) is 2.82. The molecule has 1 amide bonds. The van der Waals surface area contributed by atoms with E-state index in [-0.39, 0.29) is 11.4 Å². The van der Waals surface area contributed by atoms with Crippen LogP contribution in [0.25, 0.3) is 0 Å². The molecule has 98 valence electrons. The van der Waals surface area contributed by atoms with Crippen LogP contribution in [-0.2, 0) is 0 Å². The lowest BCUT2D eigenvalue weighted by molar-refractivity contribution is 0.0909. The number of rotatable bonds is 3. The van der Waals surface area contributed by atoms with Gasteiger partial charge in [0.25, 0.3) is 5.91 Å². The molecule has 1 aliphatic carbocycles. The van der Waals surface area contributed by atoms with Gasteiger partial charge in [-0.05, 0) is 37.8 Å². The molecular formula is C15H20BrNO. The number of benzene rings is 1. The Labute approximate surface area is 117 Å². The first-order chi connectivity index (χ1) is 8.58. The number of nitrogens with one attached hydrogen (secondary N) is 1. The monoisotopic (exact) mass is 309 g/mol. The van der Waals surface area contributed by atoms with Crippen LogP contribution >= 0.6 is 15.9 Å². The molecule has 1 aliphatic rings. The molecule has 18 heavy (non-hydrogen) atoms. The van der Waals surface area contributed by atoms with Crippen molar-refractivity contribution in [3.63, 3.8) is 0 Å². The number of hydrogen-bond acceptors (Lipinski definition) is 1. The molecule has 0 bridgehead atoms. The standard InChI is InChI=1S/C15H20BrNO/c1-11-6-5-7-12(2)13(11)14(18)17-15(10-16)8-3-4-9-15/h5-7H,3-4,8-10H2,1-2H3,(H,17,18). The van der Waals surface area contributed by atoms with Crippen LogP contribution in [0.4, 0.5) is 0 Å². The van der Waals surface area contributed by atoms with Crippen LogP contribution in [0.5, 0.6) is 0 Å². The molecule has 0 radical (unpaired) electrons. The van der Waals surface area contributed by atoms with Gasteiger partial charge in [-0.15, -0.1) is 0 Å². The van der Waals surface area contributed by atoms with Gasteiger partial charge in [-0.3, -0.25) is 4.79 Å². The summed E-state index contributed by atoms with van der Waals surface area (Å²) in [6, 6.07) is 5.99. The van der Waals surface area contributed by atoms with Crippen molar-refractivity contribution in [1.29, 1.82) is 0 Å². The van der Waals surface area contributed by atoms with Crippen LogP contribution in [-0.4, -0.2) is 16.8 Å². The van der Waals surface area contributed by atoms with E-state index in [1.165, 1.54) is 12.8 Å². The first-order valence-electron chi connectivity index (χ1n) is 6.53. The van der Waals surface area contributed by atoms with Gasteiger partial charge in [0.05, 0.1) is 5.54 Å². The molecular weight excluding hydrogens is 290 g/mol. The molecule has 1 aromatic rings. The molecule has 2 nitrogen and oxygen atoms in total. The second-order valence-corrected chi connectivity index (χ2v) is 5.90. The van der Waals surface area contributed by atoms with E-state index in [0.717, 1.165) is 34.9 Å². The summed E-state index contributed by atoms with van der Waals surface area (Å²) < 4.78 is 0. The van der Waals surface area contributed by atoms with E-state index in [9.17, 15) is 4.79 Å². The van der Waals surface area contributed by atoms with Crippen molar-refractivity contribution >= 4 is 21.8 Å². The molecule has 0 atom stereocenters. The van der Waals surface area contributed by atoms with E-state index in [2.05, 4.69) is 21.2 Å². The highest BCUT2D eigenvalue weighted by Gasteiger charge is 2.34. The lowest BCUT2D eigenvalue weighted by Crippen LogP contribution is -2.48. The molecule has 0 heterocycles. The molecule has 0 aromatic heterocycles. The largest absolute Gasteiger partial charge is 0.346 e. The van der Waals surface area contributed by atoms with Crippen LogP contribution in [0.1, 0.15) is 47.2 Å². The van der Waals surface area contributed by atoms with Gasteiger partial charge in [0.15, 0.2) is 0 Å². The third-order valence-electron chi connectivity index (χ3n) is 3.90. The Morgan fingerprint density at radius 3 is 2.33 bits per heavy atom. The summed E-state index contributed by atoms with van der Waals surface area (Å²) in [5.74, 6) is 0.0759. The van der Waals surface area contributed by atoms with Crippen LogP contribution < -0.4 is 5.32 Å². The Hall–Kier alpha value is -0.830. The van der Waals surface area contributed by atoms with E-state index >= 15 is 0 Å². The van der Waals surface area contributed by atoms with E-state index in [1.807, 2.05) is 32.0 Å². The summed E-state index contributed by atoms with van der Waals surface area (Å²) in [7, 11) is 0. The van der Waals surface area contributed by atoms with Gasteiger partial charge in [0.1, 0.15) is 0 Å². The molecule has 0 aliphatic heterocycles. The average Bonchev–Trinajstić information content (AvgIpc) is 2.78. The summed E-state index contributed by atoms with van der Waals surface area (Å²) in [5, 5.41) is 4.10. The van der Waals surface area contributed by atoms with Crippen LogP contribution in [0, 0.1) is 13.8 Å². The van der Waals surface area contributed by atoms with Gasteiger partial charge in [0, 0.05) is 10.9 Å². The number of amides is 1. The fraction of sp³-hybridized carbons (Fsp3) is 0.533. The molecule has 0 saturated heterocycles. The van der Waals surface area contributed by atoms with E-state index in [4.69, 9.17) is 0 Å². The minimum Gasteiger partial charge on any atom is -0.346 e. The molecule has 3 heteroatoms. The Morgan fingerprint density at radius 1 is 1.28 bits per heavy atom. The van der Waals surface area contributed by atoms with Crippen molar-refractivity contribution in [3.8, 4) is 0 Å². The Kier molecular flexibility index (Phi) is 4.10. The van der Waals surface area contributed by atoms with Crippen molar-refractivity contribution in [1.82, 2.24) is 5.32 Å². The Bertz CT molecular complexity index is 430. The van der Waals surface area contributed by atoms with E-state index in [0.29, 0.717) is 0 Å². The normalized spacial score (nSPS) is 17.7. The smallest absolute Gasteiger partial charge is 0.252 e. The van der Waals surface area contributed by atoms with Crippen LogP contribution in [0.2, 0.25) is 0 Å². The van der Waals surface area contributed by atoms with Gasteiger partial charge in [-0.2, -0.15) is 0 Å². The number of hydrogen-bond donors (Lipinski definition) is 1. The minimum absolute atomic E-state index is 0.0359. The zero-order valence-electron chi connectivity index (χ0n) is 11.1. The predicted octanol–water partition coefficient (Wildman–Crippen LogP) is 3.74. The topological polar surface area (TPSA) is 29.1 Å². The predicted molar refractivity (Wildman–Crippen MR) is 78.4 cm³/mol. The van der Waals surface area contributed by atoms with Crippen molar-refractivity contribution in [3.05, 3.63) is 34.9 Å². The third kappa shape index (κ3) is 2.61. The zero-order valence-corrected chi connectivity index (χ0v) is 12.6. The molecule has 1 N–H and O–H groups in total. The SMILES string of the molecule is Cc1cccc(C)c1C(=O)NC1(CBr)CCCC1. The van der Waals surface area contributed by atoms with Gasteiger partial charge >= 0.3 is 0 Å². The summed E-state index contributed by atoms with van der Waals surface area (Å²) in [4.78, 5) is 12.5. The van der Waals surface area contributed by atoms with Gasteiger partial charge in [-0.25, -0.2) is 0 Å². The van der Waals surface area contributed by atoms with E-state index < -0.39 is 0 Å². The maximum absolute atomic E-state index is 12.5. The molecule has 2 rings (SSSR count). The van der Waals surface area contributed by atoms with E-state index in [1.54, 1.807) is 0 Å². The van der Waals surface area contributed by atoms with Gasteiger partial charge in [0.2, 0.25) is 0 Å². The minimum atomic E-state index is -0.0359. The molecule has 1 aromatic carbocycles. The van der Waals surface area contributed by atoms with Crippen molar-refractivity contribution in [2.24, 2.45) is 0 Å². The number of carbonyl (C=O) groups is 1. The van der Waals surface area contributed by atoms with Gasteiger partial charge in [-0.1, -0.05) is 47.0 Å². The molecule has 1 fully saturated rings. The summed E-state index contributed by atoms with van der Waals surface area (Å²) in [5.41, 5.74) is 2.90. The number of aryl methyl sites for hydroxylation is 2. The average molecular weight is 310 g/mol. The van der Waals surface area contributed by atoms with Crippen molar-refractivity contribution < 1.29 is 4.79 Å². The lowest BCUT2D eigenvalue weighted by Gasteiger charge is -2.28. The maximum Gasteiger partial charge on any atom is 0.252 e. The molecule has 1 saturated carbocycles. The van der Waals surface area contributed by atoms with Crippen LogP contribution in [0.3, 0.4) is 0 Å². The second kappa shape index (κ2) is 5.43. The second-order valence-electron chi connectivity index (χ2n) is 5.34. The molecule has 0 unspecified atom stereocenters. The maximum atomic E-state index is 12.5. The number of alkyl halides is 1. The first kappa shape index (κ1) is 13.6. The molecule has 0 spiro atoms. The highest BCUT2D eigenvalue weighted by molar-refractivity contribution is 9.09. The van der Waals surface area contributed by atoms with Crippen molar-refractivity contribution in [2.45, 2.75) is 45.1 Å². The summed E-state index contributed by atoms with van der Waals surface area (Å²) in [6.07, 6.45) is 4.57. The first-order valence-corrected chi connectivity index (χ1v) is 7.65. The van der Waals surface area contributed by atoms with Gasteiger partial charge < -0.3 is 5.32 Å². The summed E-state index contributed by atoms with van der Waals surface area (Å²) >= 11 is 3.56. The quantitative estimate of drug-likeness (QED) is 0.847. The number of halogens is 1.